The molecule has 1 atom stereocenters. The van der Waals surface area contributed by atoms with Crippen LogP contribution in [0.4, 0.5) is 8.78 Å². The molecule has 2 fully saturated rings. The molecule has 1 aliphatic heterocycles. The Hall–Kier alpha value is -0.260. The van der Waals surface area contributed by atoms with Gasteiger partial charge in [0.2, 0.25) is 5.92 Å². The van der Waals surface area contributed by atoms with Gasteiger partial charge in [-0.1, -0.05) is 0 Å². The average molecular weight is 222 g/mol. The van der Waals surface area contributed by atoms with Gasteiger partial charge in [-0.3, -0.25) is 0 Å². The van der Waals surface area contributed by atoms with Gasteiger partial charge in [-0.15, -0.1) is 0 Å². The second kappa shape index (κ2) is 3.37. The van der Waals surface area contributed by atoms with Crippen molar-refractivity contribution in [1.29, 1.82) is 0 Å². The maximum Gasteiger partial charge on any atom is 0.249 e. The summed E-state index contributed by atoms with van der Waals surface area (Å²) in [4.78, 5) is 0. The molecule has 2 N–H and O–H groups in total. The van der Waals surface area contributed by atoms with Gasteiger partial charge < -0.3 is 14.9 Å². The number of halogens is 2. The number of aliphatic hydroxyl groups is 2. The van der Waals surface area contributed by atoms with E-state index < -0.39 is 36.4 Å². The van der Waals surface area contributed by atoms with E-state index in [1.54, 1.807) is 0 Å². The third-order valence-electron chi connectivity index (χ3n) is 3.70. The van der Waals surface area contributed by atoms with Crippen molar-refractivity contribution in [1.82, 2.24) is 0 Å². The molecule has 0 aromatic heterocycles. The lowest BCUT2D eigenvalue weighted by atomic mass is 9.56. The molecule has 1 saturated carbocycles. The minimum atomic E-state index is -2.74. The molecular weight excluding hydrogens is 206 g/mol. The molecule has 0 spiro atoms. The summed E-state index contributed by atoms with van der Waals surface area (Å²) >= 11 is 0. The van der Waals surface area contributed by atoms with Crippen molar-refractivity contribution in [3.05, 3.63) is 0 Å². The topological polar surface area (TPSA) is 49.7 Å². The summed E-state index contributed by atoms with van der Waals surface area (Å²) < 4.78 is 30.9. The van der Waals surface area contributed by atoms with Gasteiger partial charge in [0.05, 0.1) is 18.8 Å². The maximum absolute atomic E-state index is 12.9. The lowest BCUT2D eigenvalue weighted by molar-refractivity contribution is -0.274. The molecule has 5 heteroatoms. The molecule has 2 aliphatic rings. The van der Waals surface area contributed by atoms with E-state index in [-0.39, 0.29) is 6.61 Å². The van der Waals surface area contributed by atoms with E-state index in [0.29, 0.717) is 19.4 Å². The van der Waals surface area contributed by atoms with Crippen LogP contribution in [0.15, 0.2) is 0 Å². The number of alkyl halides is 2. The molecule has 0 bridgehead atoms. The fourth-order valence-electron chi connectivity index (χ4n) is 2.72. The fraction of sp³-hybridized carbons (Fsp3) is 1.00. The molecule has 1 unspecified atom stereocenters. The molecule has 1 saturated heterocycles. The molecule has 0 amide bonds. The summed E-state index contributed by atoms with van der Waals surface area (Å²) in [5.41, 5.74) is -2.33. The number of aliphatic hydroxyl groups excluding tert-OH is 1. The Balaban J connectivity index is 2.13. The van der Waals surface area contributed by atoms with E-state index in [9.17, 15) is 19.0 Å². The van der Waals surface area contributed by atoms with E-state index in [0.717, 1.165) is 0 Å². The minimum absolute atomic E-state index is 0.0592. The van der Waals surface area contributed by atoms with E-state index in [1.165, 1.54) is 0 Å². The smallest absolute Gasteiger partial charge is 0.249 e. The Morgan fingerprint density at radius 3 is 2.33 bits per heavy atom. The largest absolute Gasteiger partial charge is 0.396 e. The minimum Gasteiger partial charge on any atom is -0.396 e. The zero-order valence-corrected chi connectivity index (χ0v) is 8.51. The number of hydrogen-bond donors (Lipinski definition) is 2. The number of rotatable bonds is 2. The quantitative estimate of drug-likeness (QED) is 0.731. The molecule has 0 aromatic carbocycles. The number of hydrogen-bond acceptors (Lipinski definition) is 3. The van der Waals surface area contributed by atoms with Gasteiger partial charge in [-0.2, -0.15) is 0 Å². The lowest BCUT2D eigenvalue weighted by Gasteiger charge is -2.56. The normalized spacial score (nSPS) is 38.4. The highest BCUT2D eigenvalue weighted by Crippen LogP contribution is 2.58. The summed E-state index contributed by atoms with van der Waals surface area (Å²) in [6.45, 7) is 0.215. The molecule has 15 heavy (non-hydrogen) atoms. The van der Waals surface area contributed by atoms with Gasteiger partial charge in [-0.25, -0.2) is 8.78 Å². The van der Waals surface area contributed by atoms with Crippen molar-refractivity contribution in [3.63, 3.8) is 0 Å². The first-order valence-corrected chi connectivity index (χ1v) is 5.22. The zero-order chi connectivity index (χ0) is 11.2. The van der Waals surface area contributed by atoms with Crippen LogP contribution in [0.5, 0.6) is 0 Å². The Labute approximate surface area is 87.0 Å². The van der Waals surface area contributed by atoms with Crippen LogP contribution in [-0.4, -0.2) is 41.6 Å². The average Bonchev–Trinajstić information content (AvgIpc) is 2.14. The van der Waals surface area contributed by atoms with Crippen molar-refractivity contribution >= 4 is 0 Å². The third-order valence-corrected chi connectivity index (χ3v) is 3.70. The lowest BCUT2D eigenvalue weighted by Crippen LogP contribution is -2.64. The highest BCUT2D eigenvalue weighted by molar-refractivity contribution is 5.10. The molecule has 0 aromatic rings. The maximum atomic E-state index is 12.9. The predicted octanol–water partition coefficient (Wildman–Crippen LogP) is 0.936. The van der Waals surface area contributed by atoms with Crippen LogP contribution in [0.2, 0.25) is 0 Å². The summed E-state index contributed by atoms with van der Waals surface area (Å²) in [6.07, 6.45) is 0.222. The van der Waals surface area contributed by atoms with E-state index in [2.05, 4.69) is 0 Å². The Kier molecular flexibility index (Phi) is 2.52. The summed E-state index contributed by atoms with van der Waals surface area (Å²) in [7, 11) is 0. The third kappa shape index (κ3) is 1.66. The first-order valence-electron chi connectivity index (χ1n) is 5.22. The van der Waals surface area contributed by atoms with Gasteiger partial charge >= 0.3 is 0 Å². The van der Waals surface area contributed by atoms with Crippen LogP contribution in [0, 0.1) is 5.41 Å². The molecule has 88 valence electrons. The van der Waals surface area contributed by atoms with Crippen LogP contribution in [0.1, 0.15) is 25.7 Å². The van der Waals surface area contributed by atoms with E-state index in [1.807, 2.05) is 0 Å². The van der Waals surface area contributed by atoms with Crippen LogP contribution in [0.25, 0.3) is 0 Å². The summed E-state index contributed by atoms with van der Waals surface area (Å²) in [6, 6.07) is 0. The molecule has 1 heterocycles. The molecular formula is C10H16F2O3. The Bertz CT molecular complexity index is 241. The predicted molar refractivity (Wildman–Crippen MR) is 48.7 cm³/mol. The van der Waals surface area contributed by atoms with Crippen molar-refractivity contribution in [2.75, 3.05) is 19.8 Å². The van der Waals surface area contributed by atoms with Crippen LogP contribution in [0.3, 0.4) is 0 Å². The highest BCUT2D eigenvalue weighted by atomic mass is 19.3. The van der Waals surface area contributed by atoms with Crippen molar-refractivity contribution in [2.24, 2.45) is 5.41 Å². The van der Waals surface area contributed by atoms with Gasteiger partial charge in [0, 0.05) is 24.9 Å². The van der Waals surface area contributed by atoms with Crippen LogP contribution < -0.4 is 0 Å². The second-order valence-corrected chi connectivity index (χ2v) is 4.84. The highest BCUT2D eigenvalue weighted by Gasteiger charge is 2.65. The first kappa shape index (κ1) is 11.2. The molecule has 0 radical (unpaired) electrons. The van der Waals surface area contributed by atoms with Gasteiger partial charge in [-0.05, 0) is 12.8 Å². The fourth-order valence-corrected chi connectivity index (χ4v) is 2.72. The first-order chi connectivity index (χ1) is 6.93. The Morgan fingerprint density at radius 2 is 1.93 bits per heavy atom. The van der Waals surface area contributed by atoms with Crippen molar-refractivity contribution in [2.45, 2.75) is 37.2 Å². The second-order valence-electron chi connectivity index (χ2n) is 4.84. The standard InChI is InChI=1S/C10H16F2O3/c11-10(12)4-8(5-10,6-13)9(14)2-1-3-15-7-9/h13-14H,1-7H2. The van der Waals surface area contributed by atoms with E-state index >= 15 is 0 Å². The van der Waals surface area contributed by atoms with Crippen molar-refractivity contribution in [3.8, 4) is 0 Å². The molecule has 3 nitrogen and oxygen atoms in total. The number of ether oxygens (including phenoxy) is 1. The summed E-state index contributed by atoms with van der Waals surface area (Å²) in [5, 5.41) is 19.5. The van der Waals surface area contributed by atoms with Gasteiger partial charge in [0.15, 0.2) is 0 Å². The van der Waals surface area contributed by atoms with Gasteiger partial charge in [0.1, 0.15) is 0 Å². The van der Waals surface area contributed by atoms with E-state index in [4.69, 9.17) is 4.74 Å². The van der Waals surface area contributed by atoms with Crippen LogP contribution in [-0.2, 0) is 4.74 Å². The van der Waals surface area contributed by atoms with Gasteiger partial charge in [0.25, 0.3) is 0 Å². The SMILES string of the molecule is OCC1(C2(O)CCCOC2)CC(F)(F)C1. The Morgan fingerprint density at radius 1 is 1.27 bits per heavy atom. The summed E-state index contributed by atoms with van der Waals surface area (Å²) in [5.74, 6) is -2.74. The van der Waals surface area contributed by atoms with Crippen LogP contribution >= 0.6 is 0 Å². The molecule has 2 rings (SSSR count). The monoisotopic (exact) mass is 222 g/mol. The zero-order valence-electron chi connectivity index (χ0n) is 8.51. The van der Waals surface area contributed by atoms with Crippen molar-refractivity contribution < 1.29 is 23.7 Å². The molecule has 1 aliphatic carbocycles.